The van der Waals surface area contributed by atoms with E-state index >= 15 is 0 Å². The lowest BCUT2D eigenvalue weighted by molar-refractivity contribution is -0.117. The van der Waals surface area contributed by atoms with Gasteiger partial charge in [0, 0.05) is 17.8 Å². The van der Waals surface area contributed by atoms with E-state index in [9.17, 15) is 10.1 Å². The van der Waals surface area contributed by atoms with Gasteiger partial charge in [0.15, 0.2) is 0 Å². The van der Waals surface area contributed by atoms with Crippen LogP contribution in [0.25, 0.3) is 11.4 Å². The molecule has 0 aliphatic rings. The summed E-state index contributed by atoms with van der Waals surface area (Å²) in [4.78, 5) is 14.1. The van der Waals surface area contributed by atoms with E-state index in [0.717, 1.165) is 22.4 Å². The molecule has 0 unspecified atom stereocenters. The molecule has 0 aliphatic heterocycles. The van der Waals surface area contributed by atoms with E-state index in [0.29, 0.717) is 29.5 Å². The number of nitriles is 1. The van der Waals surface area contributed by atoms with Crippen molar-refractivity contribution in [2.45, 2.75) is 26.9 Å². The normalized spacial score (nSPS) is 10.6. The largest absolute Gasteiger partial charge is 0.497 e. The first-order valence-corrected chi connectivity index (χ1v) is 10.4. The molecule has 9 nitrogen and oxygen atoms in total. The van der Waals surface area contributed by atoms with Crippen LogP contribution in [0.1, 0.15) is 22.4 Å². The Hall–Kier alpha value is -4.45. The summed E-state index contributed by atoms with van der Waals surface area (Å²) in [5.41, 5.74) is 4.00. The molecule has 0 saturated carbocycles. The predicted molar refractivity (Wildman–Crippen MR) is 123 cm³/mol. The number of hydrogen-bond acceptors (Lipinski definition) is 6. The Morgan fingerprint density at radius 3 is 2.67 bits per heavy atom. The third-order valence-electron chi connectivity index (χ3n) is 5.45. The van der Waals surface area contributed by atoms with Gasteiger partial charge in [-0.25, -0.2) is 0 Å². The minimum Gasteiger partial charge on any atom is -0.497 e. The van der Waals surface area contributed by atoms with Crippen LogP contribution in [0.5, 0.6) is 5.75 Å². The molecule has 33 heavy (non-hydrogen) atoms. The van der Waals surface area contributed by atoms with E-state index in [2.05, 4.69) is 26.8 Å². The highest BCUT2D eigenvalue weighted by Gasteiger charge is 2.20. The second-order valence-electron chi connectivity index (χ2n) is 7.54. The minimum atomic E-state index is -0.354. The maximum Gasteiger partial charge on any atom is 0.249 e. The van der Waals surface area contributed by atoms with Crippen molar-refractivity contribution in [1.82, 2.24) is 24.8 Å². The van der Waals surface area contributed by atoms with Gasteiger partial charge in [-0.2, -0.15) is 10.1 Å². The molecule has 0 bridgehead atoms. The summed E-state index contributed by atoms with van der Waals surface area (Å²) < 4.78 is 7.17. The Labute approximate surface area is 191 Å². The molecule has 4 rings (SSSR count). The summed E-state index contributed by atoms with van der Waals surface area (Å²) in [6, 6.07) is 19.4. The molecule has 0 fully saturated rings. The van der Waals surface area contributed by atoms with Gasteiger partial charge in [0.1, 0.15) is 24.2 Å². The number of benzene rings is 2. The Kier molecular flexibility index (Phi) is 6.17. The summed E-state index contributed by atoms with van der Waals surface area (Å²) in [6.07, 6.45) is 0. The molecule has 1 amide bonds. The topological polar surface area (TPSA) is 111 Å². The van der Waals surface area contributed by atoms with Gasteiger partial charge in [0.25, 0.3) is 0 Å². The summed E-state index contributed by atoms with van der Waals surface area (Å²) in [5.74, 6) is 1.18. The van der Waals surface area contributed by atoms with E-state index < -0.39 is 0 Å². The van der Waals surface area contributed by atoms with Crippen LogP contribution in [0.2, 0.25) is 0 Å². The highest BCUT2D eigenvalue weighted by atomic mass is 16.5. The van der Waals surface area contributed by atoms with Crippen molar-refractivity contribution < 1.29 is 9.53 Å². The number of hydrogen-bond donors (Lipinski definition) is 1. The fraction of sp³-hybridized carbons (Fsp3) is 0.208. The average molecular weight is 441 g/mol. The maximum absolute atomic E-state index is 12.8. The van der Waals surface area contributed by atoms with Gasteiger partial charge in [0.05, 0.1) is 12.7 Å². The molecule has 1 N–H and O–H groups in total. The zero-order chi connectivity index (χ0) is 23.4. The van der Waals surface area contributed by atoms with Crippen LogP contribution in [0.15, 0.2) is 54.6 Å². The number of aromatic nitrogens is 5. The summed E-state index contributed by atoms with van der Waals surface area (Å²) >= 11 is 0. The fourth-order valence-corrected chi connectivity index (χ4v) is 3.58. The van der Waals surface area contributed by atoms with Gasteiger partial charge in [-0.15, -0.1) is 10.2 Å². The number of nitrogens with one attached hydrogen (secondary N) is 1. The third-order valence-corrected chi connectivity index (χ3v) is 5.45. The van der Waals surface area contributed by atoms with E-state index in [1.807, 2.05) is 66.9 Å². The smallest absolute Gasteiger partial charge is 0.249 e. The number of amides is 1. The van der Waals surface area contributed by atoms with E-state index in [1.54, 1.807) is 13.2 Å². The van der Waals surface area contributed by atoms with Gasteiger partial charge < -0.3 is 14.6 Å². The monoisotopic (exact) mass is 441 g/mol. The lowest BCUT2D eigenvalue weighted by Crippen LogP contribution is -2.23. The molecule has 0 aliphatic carbocycles. The molecule has 0 saturated heterocycles. The van der Waals surface area contributed by atoms with Crippen molar-refractivity contribution in [3.63, 3.8) is 0 Å². The first kappa shape index (κ1) is 21.8. The minimum absolute atomic E-state index is 0.142. The molecule has 2 aromatic carbocycles. The highest BCUT2D eigenvalue weighted by molar-refractivity contribution is 5.91. The van der Waals surface area contributed by atoms with Crippen LogP contribution in [-0.2, 0) is 17.9 Å². The number of carbonyl (C=O) groups is 1. The molecule has 0 atom stereocenters. The SMILES string of the molecule is COc1cccc(-c2nnn(CC(=O)Nc3c(C#N)c(C)c(C)n3Cc3ccccc3)n2)c1. The first-order valence-electron chi connectivity index (χ1n) is 10.4. The Balaban J connectivity index is 1.55. The highest BCUT2D eigenvalue weighted by Crippen LogP contribution is 2.27. The van der Waals surface area contributed by atoms with Crippen molar-refractivity contribution in [2.75, 3.05) is 12.4 Å². The molecular weight excluding hydrogens is 418 g/mol. The second-order valence-corrected chi connectivity index (χ2v) is 7.54. The molecular formula is C24H23N7O2. The summed E-state index contributed by atoms with van der Waals surface area (Å²) in [6.45, 7) is 4.21. The Bertz CT molecular complexity index is 1330. The zero-order valence-electron chi connectivity index (χ0n) is 18.6. The van der Waals surface area contributed by atoms with E-state index in [-0.39, 0.29) is 12.5 Å². The Morgan fingerprint density at radius 2 is 1.94 bits per heavy atom. The van der Waals surface area contributed by atoms with E-state index in [4.69, 9.17) is 4.74 Å². The first-order chi connectivity index (χ1) is 16.0. The van der Waals surface area contributed by atoms with Crippen LogP contribution in [0, 0.1) is 25.2 Å². The van der Waals surface area contributed by atoms with E-state index in [1.165, 1.54) is 4.80 Å². The predicted octanol–water partition coefficient (Wildman–Crippen LogP) is 3.33. The third kappa shape index (κ3) is 4.60. The lowest BCUT2D eigenvalue weighted by Gasteiger charge is -2.13. The van der Waals surface area contributed by atoms with Crippen molar-refractivity contribution in [3.8, 4) is 23.2 Å². The van der Waals surface area contributed by atoms with Crippen molar-refractivity contribution in [2.24, 2.45) is 0 Å². The van der Waals surface area contributed by atoms with Gasteiger partial charge in [-0.1, -0.05) is 42.5 Å². The average Bonchev–Trinajstić information content (AvgIpc) is 3.38. The molecule has 0 radical (unpaired) electrons. The molecule has 2 heterocycles. The molecule has 0 spiro atoms. The maximum atomic E-state index is 12.8. The summed E-state index contributed by atoms with van der Waals surface area (Å²) in [5, 5.41) is 24.9. The number of tetrazole rings is 1. The number of methoxy groups -OCH3 is 1. The van der Waals surface area contributed by atoms with Crippen molar-refractivity contribution >= 4 is 11.7 Å². The van der Waals surface area contributed by atoms with Crippen LogP contribution < -0.4 is 10.1 Å². The standard InChI is InChI=1S/C24H23N7O2/c1-16-17(2)30(14-18-8-5-4-6-9-18)24(21(16)13-25)26-22(32)15-31-28-23(27-29-31)19-10-7-11-20(12-19)33-3/h4-12H,14-15H2,1-3H3,(H,26,32). The molecule has 166 valence electrons. The van der Waals surface area contributed by atoms with Crippen molar-refractivity contribution in [3.05, 3.63) is 77.0 Å². The van der Waals surface area contributed by atoms with Crippen LogP contribution in [-0.4, -0.2) is 37.8 Å². The van der Waals surface area contributed by atoms with Gasteiger partial charge >= 0.3 is 0 Å². The summed E-state index contributed by atoms with van der Waals surface area (Å²) in [7, 11) is 1.58. The van der Waals surface area contributed by atoms with Gasteiger partial charge in [-0.05, 0) is 42.3 Å². The van der Waals surface area contributed by atoms with Crippen LogP contribution in [0.3, 0.4) is 0 Å². The molecule has 9 heteroatoms. The van der Waals surface area contributed by atoms with Gasteiger partial charge in [-0.3, -0.25) is 4.79 Å². The fourth-order valence-electron chi connectivity index (χ4n) is 3.58. The molecule has 2 aromatic heterocycles. The van der Waals surface area contributed by atoms with Crippen LogP contribution >= 0.6 is 0 Å². The van der Waals surface area contributed by atoms with Crippen LogP contribution in [0.4, 0.5) is 5.82 Å². The number of carbonyl (C=O) groups excluding carboxylic acids is 1. The van der Waals surface area contributed by atoms with Gasteiger partial charge in [0.2, 0.25) is 11.7 Å². The second kappa shape index (κ2) is 9.36. The number of anilines is 1. The number of rotatable bonds is 7. The van der Waals surface area contributed by atoms with Crippen molar-refractivity contribution in [1.29, 1.82) is 5.26 Å². The molecule has 4 aromatic rings. The number of ether oxygens (including phenoxy) is 1. The number of nitrogens with zero attached hydrogens (tertiary/aromatic N) is 6. The zero-order valence-corrected chi connectivity index (χ0v) is 18.6. The Morgan fingerprint density at radius 1 is 1.15 bits per heavy atom. The quantitative estimate of drug-likeness (QED) is 0.471. The lowest BCUT2D eigenvalue weighted by atomic mass is 10.2.